The van der Waals surface area contributed by atoms with Gasteiger partial charge in [-0.1, -0.05) is 124 Å². The molecule has 3 heterocycles. The maximum atomic E-state index is 13.8. The van der Waals surface area contributed by atoms with Gasteiger partial charge >= 0.3 is 7.82 Å². The minimum atomic E-state index is -4.01. The van der Waals surface area contributed by atoms with Gasteiger partial charge in [-0.2, -0.15) is 12.6 Å². The van der Waals surface area contributed by atoms with E-state index in [4.69, 9.17) is 23.3 Å². The molecule has 13 heteroatoms. The molecule has 0 amide bonds. The van der Waals surface area contributed by atoms with Gasteiger partial charge in [0, 0.05) is 0 Å². The van der Waals surface area contributed by atoms with Crippen molar-refractivity contribution in [2.75, 3.05) is 19.0 Å². The van der Waals surface area contributed by atoms with Gasteiger partial charge in [0.15, 0.2) is 11.2 Å². The number of aromatic amines is 1. The van der Waals surface area contributed by atoms with Gasteiger partial charge in [-0.3, -0.25) is 18.4 Å². The van der Waals surface area contributed by atoms with Crippen LogP contribution in [0, 0.1) is 5.92 Å². The maximum absolute atomic E-state index is 13.8. The third kappa shape index (κ3) is 16.2. The van der Waals surface area contributed by atoms with Crippen LogP contribution in [0.3, 0.4) is 0 Å². The van der Waals surface area contributed by atoms with E-state index in [-0.39, 0.29) is 42.7 Å². The average molecular weight is 743 g/mol. The molecule has 5 atom stereocenters. The van der Waals surface area contributed by atoms with E-state index in [1.54, 1.807) is 10.9 Å². The SMILES string of the molecule is CCCCCCCCCC(CC)CC(CCCCCCCCCCS)OOP(=O)(OCCC)OC[C@@H]1CC[C@H](n2cnc3c(=O)[nH]cnc32)O1. The topological polar surface area (TPSA) is 127 Å². The number of nitrogens with zero attached hydrogens (tertiary/aromatic N) is 3. The Morgan fingerprint density at radius 3 is 2.26 bits per heavy atom. The van der Waals surface area contributed by atoms with Gasteiger partial charge in [0.05, 0.1) is 38.1 Å². The van der Waals surface area contributed by atoms with Crippen molar-refractivity contribution < 1.29 is 27.9 Å². The van der Waals surface area contributed by atoms with Crippen LogP contribution in [0.25, 0.3) is 11.2 Å². The highest BCUT2D eigenvalue weighted by atomic mass is 32.1. The minimum Gasteiger partial charge on any atom is -0.352 e. The van der Waals surface area contributed by atoms with Gasteiger partial charge in [0.2, 0.25) is 0 Å². The Morgan fingerprint density at radius 2 is 1.58 bits per heavy atom. The van der Waals surface area contributed by atoms with Gasteiger partial charge in [-0.15, -0.1) is 4.67 Å². The van der Waals surface area contributed by atoms with Gasteiger partial charge in [0.1, 0.15) is 6.23 Å². The number of imidazole rings is 1. The van der Waals surface area contributed by atoms with Crippen LogP contribution in [-0.2, 0) is 27.9 Å². The standard InChI is InChI=1S/C37H67N4O7PS/c1-4-7-8-9-12-15-18-21-31(6-3)27-32(22-19-16-13-10-11-14-17-20-26-50)47-48-49(43,44-25-5-2)45-28-33-23-24-34(46-33)41-30-40-35-36(41)38-29-39-37(35)42/h29-34,50H,4-28H2,1-3H3,(H,38,39,42)/t31?,32?,33-,34+,49?/m0/s1. The molecule has 3 rings (SSSR count). The summed E-state index contributed by atoms with van der Waals surface area (Å²) in [5.41, 5.74) is 0.428. The predicted molar refractivity (Wildman–Crippen MR) is 203 cm³/mol. The summed E-state index contributed by atoms with van der Waals surface area (Å²) in [6.45, 7) is 6.71. The molecule has 0 spiro atoms. The lowest BCUT2D eigenvalue weighted by molar-refractivity contribution is -0.267. The van der Waals surface area contributed by atoms with Crippen molar-refractivity contribution in [1.29, 1.82) is 0 Å². The summed E-state index contributed by atoms with van der Waals surface area (Å²) in [5.74, 6) is 1.50. The monoisotopic (exact) mass is 742 g/mol. The summed E-state index contributed by atoms with van der Waals surface area (Å²) in [4.78, 5) is 29.1. The second-order valence-electron chi connectivity index (χ2n) is 14.0. The molecular weight excluding hydrogens is 675 g/mol. The zero-order chi connectivity index (χ0) is 35.9. The van der Waals surface area contributed by atoms with Crippen LogP contribution in [0.1, 0.15) is 168 Å². The van der Waals surface area contributed by atoms with Crippen molar-refractivity contribution in [3.8, 4) is 0 Å². The Labute approximate surface area is 306 Å². The van der Waals surface area contributed by atoms with Gasteiger partial charge in [-0.25, -0.2) is 19.4 Å². The van der Waals surface area contributed by atoms with E-state index in [0.29, 0.717) is 30.8 Å². The molecule has 2 aromatic heterocycles. The van der Waals surface area contributed by atoms with Crippen molar-refractivity contribution in [2.24, 2.45) is 5.92 Å². The number of aromatic nitrogens is 4. The number of rotatable bonds is 31. The molecule has 1 saturated heterocycles. The highest BCUT2D eigenvalue weighted by molar-refractivity contribution is 7.80. The van der Waals surface area contributed by atoms with E-state index in [9.17, 15) is 9.36 Å². The number of nitrogens with one attached hydrogen (secondary N) is 1. The van der Waals surface area contributed by atoms with Crippen LogP contribution in [0.5, 0.6) is 0 Å². The van der Waals surface area contributed by atoms with Crippen LogP contribution in [0.15, 0.2) is 17.4 Å². The van der Waals surface area contributed by atoms with Crippen LogP contribution in [0.2, 0.25) is 0 Å². The average Bonchev–Trinajstić information content (AvgIpc) is 3.78. The number of hydrogen-bond acceptors (Lipinski definition) is 10. The Kier molecular flexibility index (Phi) is 22.1. The summed E-state index contributed by atoms with van der Waals surface area (Å²) in [7, 11) is -4.01. The smallest absolute Gasteiger partial charge is 0.352 e. The van der Waals surface area contributed by atoms with E-state index in [2.05, 4.69) is 41.4 Å². The van der Waals surface area contributed by atoms with Crippen molar-refractivity contribution in [1.82, 2.24) is 19.5 Å². The second-order valence-corrected chi connectivity index (χ2v) is 16.0. The number of phosphoric ester groups is 1. The highest BCUT2D eigenvalue weighted by Crippen LogP contribution is 2.51. The molecule has 3 unspecified atom stereocenters. The highest BCUT2D eigenvalue weighted by Gasteiger charge is 2.35. The zero-order valence-corrected chi connectivity index (χ0v) is 33.0. The van der Waals surface area contributed by atoms with Crippen LogP contribution in [-0.4, -0.2) is 50.7 Å². The molecule has 0 radical (unpaired) electrons. The lowest BCUT2D eigenvalue weighted by atomic mass is 9.90. The van der Waals surface area contributed by atoms with Crippen molar-refractivity contribution in [3.63, 3.8) is 0 Å². The molecule has 0 aliphatic carbocycles. The van der Waals surface area contributed by atoms with E-state index in [0.717, 1.165) is 37.9 Å². The molecule has 0 aromatic carbocycles. The van der Waals surface area contributed by atoms with Crippen LogP contribution in [0.4, 0.5) is 0 Å². The van der Waals surface area contributed by atoms with E-state index < -0.39 is 7.82 Å². The quantitative estimate of drug-likeness (QED) is 0.0255. The molecule has 1 fully saturated rings. The first kappa shape index (κ1) is 43.1. The molecule has 1 aliphatic heterocycles. The first-order chi connectivity index (χ1) is 24.4. The first-order valence-corrected chi connectivity index (χ1v) is 21.9. The summed E-state index contributed by atoms with van der Waals surface area (Å²) in [6.07, 6.45) is 26.8. The van der Waals surface area contributed by atoms with E-state index in [1.807, 2.05) is 6.92 Å². The molecule has 288 valence electrons. The lowest BCUT2D eigenvalue weighted by Gasteiger charge is -2.25. The number of hydrogen-bond donors (Lipinski definition) is 2. The van der Waals surface area contributed by atoms with Gasteiger partial charge < -0.3 is 9.72 Å². The Hall–Kier alpha value is -1.27. The molecule has 1 N–H and O–H groups in total. The molecule has 1 aliphatic rings. The third-order valence-corrected chi connectivity index (χ3v) is 11.3. The maximum Gasteiger partial charge on any atom is 0.502 e. The van der Waals surface area contributed by atoms with Crippen molar-refractivity contribution in [2.45, 2.75) is 180 Å². The van der Waals surface area contributed by atoms with E-state index in [1.165, 1.54) is 96.2 Å². The third-order valence-electron chi connectivity index (χ3n) is 9.73. The zero-order valence-electron chi connectivity index (χ0n) is 31.2. The summed E-state index contributed by atoms with van der Waals surface area (Å²) in [5, 5.41) is 0. The largest absolute Gasteiger partial charge is 0.502 e. The van der Waals surface area contributed by atoms with Crippen LogP contribution >= 0.6 is 20.5 Å². The molecule has 0 saturated carbocycles. The summed E-state index contributed by atoms with van der Waals surface area (Å²) >= 11 is 4.32. The fourth-order valence-corrected chi connectivity index (χ4v) is 8.03. The van der Waals surface area contributed by atoms with Crippen molar-refractivity contribution >= 4 is 31.6 Å². The Morgan fingerprint density at radius 1 is 0.900 bits per heavy atom. The number of H-pyrrole nitrogens is 1. The minimum absolute atomic E-state index is 0.0238. The molecule has 11 nitrogen and oxygen atoms in total. The number of unbranched alkanes of at least 4 members (excludes halogenated alkanes) is 13. The Balaban J connectivity index is 1.53. The molecular formula is C37H67N4O7PS. The predicted octanol–water partition coefficient (Wildman–Crippen LogP) is 10.7. The molecule has 0 bridgehead atoms. The number of thiol groups is 1. The van der Waals surface area contributed by atoms with Crippen LogP contribution < -0.4 is 5.56 Å². The lowest BCUT2D eigenvalue weighted by Crippen LogP contribution is -2.20. The second kappa shape index (κ2) is 25.7. The van der Waals surface area contributed by atoms with Gasteiger partial charge in [-0.05, 0) is 50.2 Å². The van der Waals surface area contributed by atoms with Gasteiger partial charge in [0.25, 0.3) is 5.56 Å². The molecule has 2 aromatic rings. The number of fused-ring (bicyclic) bond motifs is 1. The molecule has 50 heavy (non-hydrogen) atoms. The van der Waals surface area contributed by atoms with E-state index >= 15 is 0 Å². The normalized spacial score (nSPS) is 18.9. The fourth-order valence-electron chi connectivity index (χ4n) is 6.66. The first-order valence-electron chi connectivity index (χ1n) is 19.8. The summed E-state index contributed by atoms with van der Waals surface area (Å²) in [6, 6.07) is 0. The fraction of sp³-hybridized carbons (Fsp3) is 0.865. The number of ether oxygens (including phenoxy) is 1. The van der Waals surface area contributed by atoms with Crippen molar-refractivity contribution in [3.05, 3.63) is 23.0 Å². The number of phosphoric acid groups is 1. The Bertz CT molecular complexity index is 1260. The summed E-state index contributed by atoms with van der Waals surface area (Å²) < 4.78 is 39.0.